The number of esters is 1. The van der Waals surface area contributed by atoms with Gasteiger partial charge in [0.1, 0.15) is 5.69 Å². The Labute approximate surface area is 93.2 Å². The van der Waals surface area contributed by atoms with E-state index in [1.165, 1.54) is 12.0 Å². The molecule has 2 rings (SSSR count). The van der Waals surface area contributed by atoms with Gasteiger partial charge in [0.05, 0.1) is 21.8 Å². The molecule has 14 heavy (non-hydrogen) atoms. The van der Waals surface area contributed by atoms with Crippen molar-refractivity contribution in [3.05, 3.63) is 21.1 Å². The highest BCUT2D eigenvalue weighted by atomic mass is 79.9. The van der Waals surface area contributed by atoms with Crippen LogP contribution in [-0.4, -0.2) is 18.1 Å². The fourth-order valence-electron chi connectivity index (χ4n) is 1.32. The minimum absolute atomic E-state index is 0.349. The summed E-state index contributed by atoms with van der Waals surface area (Å²) in [5, 5.41) is 0. The van der Waals surface area contributed by atoms with Crippen LogP contribution in [0.1, 0.15) is 15.4 Å². The summed E-state index contributed by atoms with van der Waals surface area (Å²) in [7, 11) is 1.37. The summed E-state index contributed by atoms with van der Waals surface area (Å²) in [6.45, 7) is 2.03. The Balaban J connectivity index is 2.64. The molecule has 0 unspecified atom stereocenters. The molecular formula is C9H8BrNO2S. The number of carbonyl (C=O) groups is 1. The highest BCUT2D eigenvalue weighted by molar-refractivity contribution is 9.10. The van der Waals surface area contributed by atoms with E-state index in [-0.39, 0.29) is 5.97 Å². The second-order valence-corrected chi connectivity index (χ2v) is 4.95. The van der Waals surface area contributed by atoms with Crippen molar-refractivity contribution < 1.29 is 9.53 Å². The number of ether oxygens (including phenoxy) is 1. The van der Waals surface area contributed by atoms with Gasteiger partial charge in [-0.2, -0.15) is 0 Å². The average molecular weight is 274 g/mol. The average Bonchev–Trinajstić information content (AvgIpc) is 2.64. The first-order valence-corrected chi connectivity index (χ1v) is 5.60. The third-order valence-electron chi connectivity index (χ3n) is 1.92. The van der Waals surface area contributed by atoms with E-state index in [0.29, 0.717) is 5.69 Å². The number of aryl methyl sites for hydroxylation is 1. The zero-order valence-corrected chi connectivity index (χ0v) is 10.1. The van der Waals surface area contributed by atoms with Gasteiger partial charge in [-0.1, -0.05) is 0 Å². The Bertz CT molecular complexity index is 500. The molecule has 3 nitrogen and oxygen atoms in total. The number of H-pyrrole nitrogens is 1. The number of hydrogen-bond acceptors (Lipinski definition) is 3. The Hall–Kier alpha value is -0.810. The number of fused-ring (bicyclic) bond motifs is 1. The van der Waals surface area contributed by atoms with Crippen LogP contribution in [0, 0.1) is 6.92 Å². The van der Waals surface area contributed by atoms with E-state index in [1.54, 1.807) is 11.3 Å². The molecule has 0 aliphatic rings. The van der Waals surface area contributed by atoms with E-state index >= 15 is 0 Å². The minimum atomic E-state index is -0.349. The fourth-order valence-corrected chi connectivity index (χ4v) is 2.94. The molecule has 74 valence electrons. The number of aromatic nitrogens is 1. The lowest BCUT2D eigenvalue weighted by molar-refractivity contribution is 0.0594. The maximum absolute atomic E-state index is 11.3. The first-order chi connectivity index (χ1) is 6.63. The molecule has 2 aromatic heterocycles. The monoisotopic (exact) mass is 273 g/mol. The van der Waals surface area contributed by atoms with Gasteiger partial charge in [0.25, 0.3) is 0 Å². The zero-order chi connectivity index (χ0) is 10.3. The van der Waals surface area contributed by atoms with Gasteiger partial charge in [-0.25, -0.2) is 4.79 Å². The predicted molar refractivity (Wildman–Crippen MR) is 60.0 cm³/mol. The standard InChI is InChI=1S/C9H8BrNO2S/c1-4-3-5-8(14-4)6(10)7(11-5)9(12)13-2/h3,11H,1-2H3. The van der Waals surface area contributed by atoms with Crippen molar-refractivity contribution in [2.75, 3.05) is 7.11 Å². The molecule has 0 spiro atoms. The lowest BCUT2D eigenvalue weighted by atomic mass is 10.4. The molecule has 0 saturated carbocycles. The Kier molecular flexibility index (Phi) is 2.36. The minimum Gasteiger partial charge on any atom is -0.464 e. The first kappa shape index (κ1) is 9.73. The largest absolute Gasteiger partial charge is 0.464 e. The number of thiophene rings is 1. The summed E-state index contributed by atoms with van der Waals surface area (Å²) >= 11 is 5.03. The second kappa shape index (κ2) is 3.40. The van der Waals surface area contributed by atoms with E-state index in [1.807, 2.05) is 13.0 Å². The van der Waals surface area contributed by atoms with Crippen molar-refractivity contribution in [1.29, 1.82) is 0 Å². The van der Waals surface area contributed by atoms with Crippen LogP contribution in [0.15, 0.2) is 10.5 Å². The first-order valence-electron chi connectivity index (χ1n) is 3.99. The van der Waals surface area contributed by atoms with Crippen molar-refractivity contribution in [2.45, 2.75) is 6.92 Å². The number of nitrogens with one attached hydrogen (secondary N) is 1. The van der Waals surface area contributed by atoms with Gasteiger partial charge in [0.15, 0.2) is 0 Å². The van der Waals surface area contributed by atoms with Gasteiger partial charge >= 0.3 is 5.97 Å². The smallest absolute Gasteiger partial charge is 0.355 e. The lowest BCUT2D eigenvalue weighted by Crippen LogP contribution is -2.01. The molecule has 0 fully saturated rings. The number of hydrogen-bond donors (Lipinski definition) is 1. The van der Waals surface area contributed by atoms with Gasteiger partial charge < -0.3 is 9.72 Å². The summed E-state index contributed by atoms with van der Waals surface area (Å²) in [5.41, 5.74) is 1.45. The third kappa shape index (κ3) is 1.36. The van der Waals surface area contributed by atoms with Gasteiger partial charge in [-0.05, 0) is 28.9 Å². The molecule has 2 aromatic rings. The molecule has 0 atom stereocenters. The number of halogens is 1. The summed E-state index contributed by atoms with van der Waals surface area (Å²) in [6, 6.07) is 2.01. The van der Waals surface area contributed by atoms with Crippen LogP contribution >= 0.6 is 27.3 Å². The topological polar surface area (TPSA) is 42.1 Å². The number of methoxy groups -OCH3 is 1. The van der Waals surface area contributed by atoms with Crippen LogP contribution in [0.3, 0.4) is 0 Å². The van der Waals surface area contributed by atoms with Crippen LogP contribution in [0.2, 0.25) is 0 Å². The van der Waals surface area contributed by atoms with E-state index in [4.69, 9.17) is 0 Å². The molecule has 0 aromatic carbocycles. The number of aromatic amines is 1. The highest BCUT2D eigenvalue weighted by Crippen LogP contribution is 2.34. The molecular weight excluding hydrogens is 266 g/mol. The predicted octanol–water partition coefficient (Wildman–Crippen LogP) is 3.09. The summed E-state index contributed by atoms with van der Waals surface area (Å²) in [5.74, 6) is -0.349. The van der Waals surface area contributed by atoms with Crippen LogP contribution < -0.4 is 0 Å². The van der Waals surface area contributed by atoms with Crippen LogP contribution in [0.25, 0.3) is 10.2 Å². The van der Waals surface area contributed by atoms with Gasteiger partial charge in [-0.3, -0.25) is 0 Å². The van der Waals surface area contributed by atoms with Crippen LogP contribution in [0.5, 0.6) is 0 Å². The SMILES string of the molecule is COC(=O)c1[nH]c2cc(C)sc2c1Br. The Morgan fingerprint density at radius 3 is 2.93 bits per heavy atom. The molecule has 0 saturated heterocycles. The quantitative estimate of drug-likeness (QED) is 0.812. The highest BCUT2D eigenvalue weighted by Gasteiger charge is 2.17. The van der Waals surface area contributed by atoms with Crippen molar-refractivity contribution >= 4 is 43.5 Å². The maximum atomic E-state index is 11.3. The van der Waals surface area contributed by atoms with E-state index in [0.717, 1.165) is 14.7 Å². The van der Waals surface area contributed by atoms with E-state index < -0.39 is 0 Å². The lowest BCUT2D eigenvalue weighted by Gasteiger charge is -1.95. The molecule has 2 heterocycles. The Morgan fingerprint density at radius 1 is 1.64 bits per heavy atom. The van der Waals surface area contributed by atoms with Crippen molar-refractivity contribution in [3.8, 4) is 0 Å². The molecule has 0 radical (unpaired) electrons. The Morgan fingerprint density at radius 2 is 2.36 bits per heavy atom. The second-order valence-electron chi connectivity index (χ2n) is 2.91. The van der Waals surface area contributed by atoms with Crippen molar-refractivity contribution in [2.24, 2.45) is 0 Å². The molecule has 0 aliphatic heterocycles. The third-order valence-corrected chi connectivity index (χ3v) is 4.05. The van der Waals surface area contributed by atoms with Gasteiger partial charge in [-0.15, -0.1) is 11.3 Å². The number of carbonyl (C=O) groups excluding carboxylic acids is 1. The molecule has 0 bridgehead atoms. The van der Waals surface area contributed by atoms with E-state index in [2.05, 4.69) is 25.7 Å². The number of rotatable bonds is 1. The normalized spacial score (nSPS) is 10.8. The molecule has 1 N–H and O–H groups in total. The molecule has 5 heteroatoms. The van der Waals surface area contributed by atoms with Gasteiger partial charge in [0, 0.05) is 4.88 Å². The fraction of sp³-hybridized carbons (Fsp3) is 0.222. The summed E-state index contributed by atoms with van der Waals surface area (Å²) in [6.07, 6.45) is 0. The van der Waals surface area contributed by atoms with Crippen molar-refractivity contribution in [1.82, 2.24) is 4.98 Å². The van der Waals surface area contributed by atoms with Crippen molar-refractivity contribution in [3.63, 3.8) is 0 Å². The zero-order valence-electron chi connectivity index (χ0n) is 7.68. The van der Waals surface area contributed by atoms with Crippen LogP contribution in [-0.2, 0) is 4.74 Å². The summed E-state index contributed by atoms with van der Waals surface area (Å²) < 4.78 is 6.50. The van der Waals surface area contributed by atoms with E-state index in [9.17, 15) is 4.79 Å². The molecule has 0 amide bonds. The summed E-state index contributed by atoms with van der Waals surface area (Å²) in [4.78, 5) is 15.5. The van der Waals surface area contributed by atoms with Gasteiger partial charge in [0.2, 0.25) is 0 Å². The maximum Gasteiger partial charge on any atom is 0.355 e. The van der Waals surface area contributed by atoms with Crippen LogP contribution in [0.4, 0.5) is 0 Å². The molecule has 0 aliphatic carbocycles.